The maximum absolute atomic E-state index is 5.53. The summed E-state index contributed by atoms with van der Waals surface area (Å²) in [4.78, 5) is 8.27. The second-order valence-corrected chi connectivity index (χ2v) is 4.54. The highest BCUT2D eigenvalue weighted by atomic mass is 16.3. The Labute approximate surface area is 107 Å². The van der Waals surface area contributed by atoms with Crippen molar-refractivity contribution in [2.24, 2.45) is 0 Å². The molecular formula is C12H19N5O. The molecule has 2 rings (SSSR count). The molecule has 2 aromatic rings. The first-order chi connectivity index (χ1) is 8.56. The largest absolute Gasteiger partial charge is 0.466 e. The predicted octanol–water partition coefficient (Wildman–Crippen LogP) is 1.45. The van der Waals surface area contributed by atoms with E-state index in [0.717, 1.165) is 30.4 Å². The number of nitrogens with one attached hydrogen (secondary N) is 1. The molecule has 0 saturated heterocycles. The van der Waals surface area contributed by atoms with Gasteiger partial charge in [-0.25, -0.2) is 5.10 Å². The van der Waals surface area contributed by atoms with E-state index in [4.69, 9.17) is 4.42 Å². The third kappa shape index (κ3) is 2.82. The lowest BCUT2D eigenvalue weighted by atomic mass is 10.3. The fraction of sp³-hybridized carbons (Fsp3) is 0.500. The van der Waals surface area contributed by atoms with Gasteiger partial charge in [0.2, 0.25) is 11.9 Å². The summed E-state index contributed by atoms with van der Waals surface area (Å²) in [6, 6.07) is 3.99. The molecule has 0 aromatic carbocycles. The topological polar surface area (TPSA) is 61.2 Å². The molecule has 0 aliphatic carbocycles. The Kier molecular flexibility index (Phi) is 3.55. The lowest BCUT2D eigenvalue weighted by Gasteiger charge is -2.14. The Bertz CT molecular complexity index is 502. The molecule has 0 saturated carbocycles. The summed E-state index contributed by atoms with van der Waals surface area (Å²) in [7, 11) is 5.81. The number of aromatic amines is 1. The van der Waals surface area contributed by atoms with Crippen molar-refractivity contribution in [1.82, 2.24) is 15.2 Å². The molecule has 0 spiro atoms. The van der Waals surface area contributed by atoms with Gasteiger partial charge in [-0.3, -0.25) is 0 Å². The minimum Gasteiger partial charge on any atom is -0.466 e. The fourth-order valence-corrected chi connectivity index (χ4v) is 1.62. The summed E-state index contributed by atoms with van der Waals surface area (Å²) in [5, 5.41) is 7.04. The first kappa shape index (κ1) is 12.5. The number of rotatable bonds is 5. The molecule has 0 fully saturated rings. The summed E-state index contributed by atoms with van der Waals surface area (Å²) in [5.41, 5.74) is 0. The zero-order valence-electron chi connectivity index (χ0n) is 11.3. The van der Waals surface area contributed by atoms with Crippen LogP contribution in [0.4, 0.5) is 11.9 Å². The van der Waals surface area contributed by atoms with Crippen molar-refractivity contribution in [2.75, 3.05) is 37.5 Å². The van der Waals surface area contributed by atoms with Crippen LogP contribution in [0.1, 0.15) is 11.5 Å². The molecule has 0 unspecified atom stereocenters. The van der Waals surface area contributed by atoms with Crippen LogP contribution >= 0.6 is 0 Å². The quantitative estimate of drug-likeness (QED) is 0.869. The summed E-state index contributed by atoms with van der Waals surface area (Å²) in [6.45, 7) is 2.78. The summed E-state index contributed by atoms with van der Waals surface area (Å²) >= 11 is 0. The molecule has 18 heavy (non-hydrogen) atoms. The van der Waals surface area contributed by atoms with E-state index in [0.29, 0.717) is 5.95 Å². The number of nitrogens with zero attached hydrogens (tertiary/aromatic N) is 4. The number of H-pyrrole nitrogens is 1. The molecular weight excluding hydrogens is 230 g/mol. The summed E-state index contributed by atoms with van der Waals surface area (Å²) in [5.74, 6) is 3.39. The molecule has 2 heterocycles. The van der Waals surface area contributed by atoms with Gasteiger partial charge in [0.1, 0.15) is 11.5 Å². The first-order valence-corrected chi connectivity index (χ1v) is 5.92. The van der Waals surface area contributed by atoms with Gasteiger partial charge in [-0.05, 0) is 19.1 Å². The zero-order valence-corrected chi connectivity index (χ0v) is 11.3. The van der Waals surface area contributed by atoms with Crippen LogP contribution in [0.15, 0.2) is 16.5 Å². The van der Waals surface area contributed by atoms with E-state index in [9.17, 15) is 0 Å². The number of anilines is 2. The van der Waals surface area contributed by atoms with Gasteiger partial charge in [-0.1, -0.05) is 0 Å². The SMILES string of the molecule is Cc1ccc(CCN(C)c2nc(N(C)C)n[nH]2)o1. The van der Waals surface area contributed by atoms with Gasteiger partial charge in [0.15, 0.2) is 0 Å². The number of aromatic nitrogens is 3. The molecule has 0 bridgehead atoms. The Balaban J connectivity index is 1.92. The highest BCUT2D eigenvalue weighted by molar-refractivity contribution is 5.36. The Morgan fingerprint density at radius 2 is 2.06 bits per heavy atom. The minimum atomic E-state index is 0.686. The van der Waals surface area contributed by atoms with Gasteiger partial charge < -0.3 is 14.2 Å². The number of aryl methyl sites for hydroxylation is 1. The van der Waals surface area contributed by atoms with Crippen molar-refractivity contribution in [3.8, 4) is 0 Å². The third-order valence-electron chi connectivity index (χ3n) is 2.71. The molecule has 6 nitrogen and oxygen atoms in total. The minimum absolute atomic E-state index is 0.686. The van der Waals surface area contributed by atoms with Gasteiger partial charge in [0.25, 0.3) is 0 Å². The normalized spacial score (nSPS) is 10.7. The van der Waals surface area contributed by atoms with Crippen molar-refractivity contribution in [3.63, 3.8) is 0 Å². The van der Waals surface area contributed by atoms with Crippen molar-refractivity contribution < 1.29 is 4.42 Å². The van der Waals surface area contributed by atoms with E-state index < -0.39 is 0 Å². The molecule has 0 aliphatic rings. The average Bonchev–Trinajstić information content (AvgIpc) is 2.94. The number of hydrogen-bond donors (Lipinski definition) is 1. The van der Waals surface area contributed by atoms with Crippen LogP contribution in [-0.2, 0) is 6.42 Å². The Morgan fingerprint density at radius 3 is 2.61 bits per heavy atom. The van der Waals surface area contributed by atoms with E-state index in [1.807, 2.05) is 50.0 Å². The Hall–Kier alpha value is -1.98. The highest BCUT2D eigenvalue weighted by Crippen LogP contribution is 2.12. The van der Waals surface area contributed by atoms with E-state index >= 15 is 0 Å². The average molecular weight is 249 g/mol. The number of likely N-dealkylation sites (N-methyl/N-ethyl adjacent to an activating group) is 1. The second-order valence-electron chi connectivity index (χ2n) is 4.54. The van der Waals surface area contributed by atoms with E-state index in [2.05, 4.69) is 15.2 Å². The number of hydrogen-bond acceptors (Lipinski definition) is 5. The molecule has 98 valence electrons. The standard InChI is InChI=1S/C12H19N5O/c1-9-5-6-10(18-9)7-8-17(4)12-13-11(14-15-12)16(2)3/h5-6H,7-8H2,1-4H3,(H,13,14,15). The molecule has 0 amide bonds. The maximum atomic E-state index is 5.53. The molecule has 1 N–H and O–H groups in total. The molecule has 0 atom stereocenters. The van der Waals surface area contributed by atoms with Crippen LogP contribution < -0.4 is 9.80 Å². The van der Waals surface area contributed by atoms with Crippen molar-refractivity contribution in [3.05, 3.63) is 23.7 Å². The van der Waals surface area contributed by atoms with Gasteiger partial charge in [0.05, 0.1) is 0 Å². The van der Waals surface area contributed by atoms with Crippen LogP contribution in [0.3, 0.4) is 0 Å². The van der Waals surface area contributed by atoms with Crippen LogP contribution in [0, 0.1) is 6.92 Å². The van der Waals surface area contributed by atoms with E-state index in [-0.39, 0.29) is 0 Å². The van der Waals surface area contributed by atoms with Gasteiger partial charge in [-0.2, -0.15) is 4.98 Å². The molecule has 6 heteroatoms. The molecule has 0 aliphatic heterocycles. The second kappa shape index (κ2) is 5.12. The Morgan fingerprint density at radius 1 is 1.28 bits per heavy atom. The van der Waals surface area contributed by atoms with E-state index in [1.54, 1.807) is 0 Å². The third-order valence-corrected chi connectivity index (χ3v) is 2.71. The van der Waals surface area contributed by atoms with Gasteiger partial charge >= 0.3 is 0 Å². The van der Waals surface area contributed by atoms with Crippen LogP contribution in [-0.4, -0.2) is 42.9 Å². The van der Waals surface area contributed by atoms with E-state index in [1.165, 1.54) is 0 Å². The summed E-state index contributed by atoms with van der Waals surface area (Å²) < 4.78 is 5.53. The van der Waals surface area contributed by atoms with Crippen molar-refractivity contribution >= 4 is 11.9 Å². The van der Waals surface area contributed by atoms with Crippen molar-refractivity contribution in [1.29, 1.82) is 0 Å². The molecule has 2 aromatic heterocycles. The van der Waals surface area contributed by atoms with Crippen LogP contribution in [0.25, 0.3) is 0 Å². The zero-order chi connectivity index (χ0) is 13.1. The van der Waals surface area contributed by atoms with Gasteiger partial charge in [0, 0.05) is 34.1 Å². The maximum Gasteiger partial charge on any atom is 0.245 e. The summed E-state index contributed by atoms with van der Waals surface area (Å²) in [6.07, 6.45) is 0.850. The van der Waals surface area contributed by atoms with Crippen LogP contribution in [0.5, 0.6) is 0 Å². The van der Waals surface area contributed by atoms with Crippen LogP contribution in [0.2, 0.25) is 0 Å². The van der Waals surface area contributed by atoms with Crippen molar-refractivity contribution in [2.45, 2.75) is 13.3 Å². The monoisotopic (exact) mass is 249 g/mol. The van der Waals surface area contributed by atoms with Gasteiger partial charge in [-0.15, -0.1) is 5.10 Å². The lowest BCUT2D eigenvalue weighted by molar-refractivity contribution is 0.482. The smallest absolute Gasteiger partial charge is 0.245 e. The first-order valence-electron chi connectivity index (χ1n) is 5.92. The number of furan rings is 1. The lowest BCUT2D eigenvalue weighted by Crippen LogP contribution is -2.21. The highest BCUT2D eigenvalue weighted by Gasteiger charge is 2.09. The predicted molar refractivity (Wildman–Crippen MR) is 71.1 cm³/mol. The molecule has 0 radical (unpaired) electrons. The fourth-order valence-electron chi connectivity index (χ4n) is 1.62.